The average molecular weight is 287 g/mol. The maximum Gasteiger partial charge on any atom is 0.165 e. The molecule has 0 saturated carbocycles. The van der Waals surface area contributed by atoms with Gasteiger partial charge in [-0.3, -0.25) is 4.99 Å². The molecule has 3 rings (SSSR count). The van der Waals surface area contributed by atoms with Crippen molar-refractivity contribution in [2.24, 2.45) is 4.99 Å². The molecule has 2 aliphatic heterocycles. The molecule has 0 bridgehead atoms. The first-order valence-corrected chi connectivity index (χ1v) is 7.56. The minimum atomic E-state index is 0.545. The van der Waals surface area contributed by atoms with Crippen molar-refractivity contribution in [2.75, 3.05) is 20.1 Å². The topological polar surface area (TPSA) is 64.4 Å². The van der Waals surface area contributed by atoms with Gasteiger partial charge in [0.25, 0.3) is 0 Å². The lowest BCUT2D eigenvalue weighted by molar-refractivity contribution is 0.571. The number of hydrogen-bond donors (Lipinski definition) is 2. The Balaban J connectivity index is 1.91. The fraction of sp³-hybridized carbons (Fsp3) is 0.357. The minimum absolute atomic E-state index is 0.545. The Kier molecular flexibility index (Phi) is 3.64. The van der Waals surface area contributed by atoms with Crippen molar-refractivity contribution in [1.82, 2.24) is 15.2 Å². The molecule has 0 amide bonds. The Morgan fingerprint density at radius 1 is 1.55 bits per heavy atom. The highest BCUT2D eigenvalue weighted by atomic mass is 32.1. The van der Waals surface area contributed by atoms with Gasteiger partial charge in [-0.1, -0.05) is 0 Å². The van der Waals surface area contributed by atoms with Crippen LogP contribution in [0.4, 0.5) is 0 Å². The summed E-state index contributed by atoms with van der Waals surface area (Å²) in [6.45, 7) is 1.55. The standard InChI is InChI=1S/C14H17N5S/c1-16-5-4-11(15)10-9-18-13(14-17-6-8-20-14)19-7-2-3-12(10)19/h4-6,8,15-16H,2-3,7,9H2,1H3/b5-4-,15-11?. The van der Waals surface area contributed by atoms with Crippen LogP contribution in [0.5, 0.6) is 0 Å². The number of fused-ring (bicyclic) bond motifs is 1. The molecule has 0 atom stereocenters. The van der Waals surface area contributed by atoms with E-state index in [1.54, 1.807) is 23.6 Å². The number of aliphatic imine (C=N–C) groups is 1. The van der Waals surface area contributed by atoms with Crippen LogP contribution in [0, 0.1) is 5.41 Å². The monoisotopic (exact) mass is 287 g/mol. The Morgan fingerprint density at radius 2 is 2.45 bits per heavy atom. The quantitative estimate of drug-likeness (QED) is 0.833. The summed E-state index contributed by atoms with van der Waals surface area (Å²) >= 11 is 1.62. The van der Waals surface area contributed by atoms with Gasteiger partial charge in [-0.2, -0.15) is 0 Å². The maximum absolute atomic E-state index is 8.18. The molecule has 0 spiro atoms. The third kappa shape index (κ3) is 2.27. The highest BCUT2D eigenvalue weighted by molar-refractivity contribution is 7.11. The molecule has 0 aromatic carbocycles. The van der Waals surface area contributed by atoms with E-state index >= 15 is 0 Å². The smallest absolute Gasteiger partial charge is 0.165 e. The van der Waals surface area contributed by atoms with Crippen molar-refractivity contribution in [1.29, 1.82) is 5.41 Å². The first kappa shape index (κ1) is 13.1. The summed E-state index contributed by atoms with van der Waals surface area (Å²) in [6.07, 6.45) is 7.54. The van der Waals surface area contributed by atoms with Crippen LogP contribution in [-0.2, 0) is 0 Å². The van der Waals surface area contributed by atoms with E-state index in [2.05, 4.69) is 20.2 Å². The average Bonchev–Trinajstić information content (AvgIpc) is 3.14. The van der Waals surface area contributed by atoms with Crippen molar-refractivity contribution in [2.45, 2.75) is 12.8 Å². The number of nitrogens with one attached hydrogen (secondary N) is 2. The predicted molar refractivity (Wildman–Crippen MR) is 82.4 cm³/mol. The van der Waals surface area contributed by atoms with Gasteiger partial charge in [-0.25, -0.2) is 4.98 Å². The van der Waals surface area contributed by atoms with E-state index in [-0.39, 0.29) is 0 Å². The van der Waals surface area contributed by atoms with Crippen molar-refractivity contribution in [3.8, 4) is 0 Å². The largest absolute Gasteiger partial charge is 0.394 e. The fourth-order valence-corrected chi connectivity index (χ4v) is 3.23. The molecule has 0 aliphatic carbocycles. The Hall–Kier alpha value is -1.95. The van der Waals surface area contributed by atoms with E-state index in [9.17, 15) is 0 Å². The van der Waals surface area contributed by atoms with Crippen molar-refractivity contribution in [3.05, 3.63) is 40.1 Å². The summed E-state index contributed by atoms with van der Waals surface area (Å²) in [5.74, 6) is 0.974. The van der Waals surface area contributed by atoms with E-state index in [4.69, 9.17) is 5.41 Å². The van der Waals surface area contributed by atoms with E-state index in [1.807, 2.05) is 18.6 Å². The highest BCUT2D eigenvalue weighted by Gasteiger charge is 2.30. The molecule has 1 aromatic rings. The second-order valence-electron chi connectivity index (χ2n) is 4.69. The van der Waals surface area contributed by atoms with Gasteiger partial charge >= 0.3 is 0 Å². The van der Waals surface area contributed by atoms with Crippen LogP contribution in [0.1, 0.15) is 17.8 Å². The molecule has 1 saturated heterocycles. The van der Waals surface area contributed by atoms with E-state index in [0.29, 0.717) is 12.3 Å². The second kappa shape index (κ2) is 5.58. The van der Waals surface area contributed by atoms with Crippen molar-refractivity contribution < 1.29 is 0 Å². The third-order valence-corrected chi connectivity index (χ3v) is 4.25. The van der Waals surface area contributed by atoms with Crippen LogP contribution in [0.15, 0.2) is 40.1 Å². The highest BCUT2D eigenvalue weighted by Crippen LogP contribution is 2.31. The Morgan fingerprint density at radius 3 is 3.20 bits per heavy atom. The summed E-state index contributed by atoms with van der Waals surface area (Å²) < 4.78 is 0. The zero-order valence-corrected chi connectivity index (χ0v) is 12.2. The minimum Gasteiger partial charge on any atom is -0.394 e. The summed E-state index contributed by atoms with van der Waals surface area (Å²) in [6, 6.07) is 0. The first-order chi connectivity index (χ1) is 9.81. The summed E-state index contributed by atoms with van der Waals surface area (Å²) in [4.78, 5) is 11.3. The Bertz CT molecular complexity index is 597. The third-order valence-electron chi connectivity index (χ3n) is 3.48. The molecule has 1 fully saturated rings. The lowest BCUT2D eigenvalue weighted by atomic mass is 10.0. The molecule has 5 nitrogen and oxygen atoms in total. The van der Waals surface area contributed by atoms with Crippen molar-refractivity contribution >= 4 is 22.9 Å². The van der Waals surface area contributed by atoms with Crippen molar-refractivity contribution in [3.63, 3.8) is 0 Å². The Labute approximate surface area is 122 Å². The molecule has 104 valence electrons. The lowest BCUT2D eigenvalue weighted by Gasteiger charge is -2.27. The molecule has 2 N–H and O–H groups in total. The van der Waals surface area contributed by atoms with Gasteiger partial charge in [0, 0.05) is 36.4 Å². The number of rotatable bonds is 4. The van der Waals surface area contributed by atoms with Gasteiger partial charge in [-0.15, -0.1) is 11.3 Å². The van der Waals surface area contributed by atoms with Gasteiger partial charge in [-0.05, 0) is 25.1 Å². The number of hydrogen-bond acceptors (Lipinski definition) is 6. The molecule has 20 heavy (non-hydrogen) atoms. The summed E-state index contributed by atoms with van der Waals surface area (Å²) in [5.41, 5.74) is 2.83. The molecular weight excluding hydrogens is 270 g/mol. The summed E-state index contributed by atoms with van der Waals surface area (Å²) in [5, 5.41) is 14.1. The van der Waals surface area contributed by atoms with Gasteiger partial charge < -0.3 is 15.6 Å². The van der Waals surface area contributed by atoms with Crippen LogP contribution < -0.4 is 5.32 Å². The van der Waals surface area contributed by atoms with Crippen LogP contribution in [0.3, 0.4) is 0 Å². The van der Waals surface area contributed by atoms with Gasteiger partial charge in [0.05, 0.1) is 12.3 Å². The molecular formula is C14H17N5S. The zero-order chi connectivity index (χ0) is 13.9. The molecule has 0 unspecified atom stereocenters. The molecule has 3 heterocycles. The number of thiazole rings is 1. The van der Waals surface area contributed by atoms with E-state index in [1.165, 1.54) is 5.70 Å². The maximum atomic E-state index is 8.18. The second-order valence-corrected chi connectivity index (χ2v) is 5.59. The summed E-state index contributed by atoms with van der Waals surface area (Å²) in [7, 11) is 1.84. The first-order valence-electron chi connectivity index (χ1n) is 6.68. The fourth-order valence-electron chi connectivity index (χ4n) is 2.58. The number of amidine groups is 1. The van der Waals surface area contributed by atoms with Crippen LogP contribution >= 0.6 is 11.3 Å². The number of aromatic nitrogens is 1. The van der Waals surface area contributed by atoms with Crippen LogP contribution in [-0.4, -0.2) is 41.6 Å². The lowest BCUT2D eigenvalue weighted by Crippen LogP contribution is -2.33. The van der Waals surface area contributed by atoms with Gasteiger partial charge in [0.1, 0.15) is 0 Å². The normalized spacial score (nSPS) is 18.4. The van der Waals surface area contributed by atoms with Gasteiger partial charge in [0.2, 0.25) is 0 Å². The number of nitrogens with zero attached hydrogens (tertiary/aromatic N) is 3. The number of allylic oxidation sites excluding steroid dienone is 2. The van der Waals surface area contributed by atoms with Gasteiger partial charge in [0.15, 0.2) is 10.8 Å². The predicted octanol–water partition coefficient (Wildman–Crippen LogP) is 2.01. The SMILES string of the molecule is CN/C=C\C(=N)C1=C2CCCN2C(c2nccs2)=NC1. The van der Waals surface area contributed by atoms with E-state index < -0.39 is 0 Å². The molecule has 0 radical (unpaired) electrons. The van der Waals surface area contributed by atoms with Crippen LogP contribution in [0.25, 0.3) is 0 Å². The molecule has 1 aromatic heterocycles. The van der Waals surface area contributed by atoms with E-state index in [0.717, 1.165) is 35.8 Å². The molecule has 2 aliphatic rings. The van der Waals surface area contributed by atoms with Crippen LogP contribution in [0.2, 0.25) is 0 Å². The zero-order valence-electron chi connectivity index (χ0n) is 11.4. The molecule has 6 heteroatoms.